The first-order valence-electron chi connectivity index (χ1n) is 7.17. The highest BCUT2D eigenvalue weighted by Gasteiger charge is 2.23. The van der Waals surface area contributed by atoms with Crippen LogP contribution in [0.4, 0.5) is 5.00 Å². The van der Waals surface area contributed by atoms with Crippen LogP contribution in [0.15, 0.2) is 18.2 Å². The predicted octanol–water partition coefficient (Wildman–Crippen LogP) is 4.42. The molecule has 3 nitrogen and oxygen atoms in total. The molecule has 108 valence electrons. The van der Waals surface area contributed by atoms with Crippen LogP contribution in [0.2, 0.25) is 5.02 Å². The molecule has 0 saturated carbocycles. The van der Waals surface area contributed by atoms with Gasteiger partial charge < -0.3 is 10.3 Å². The average Bonchev–Trinajstić information content (AvgIpc) is 2.96. The number of benzene rings is 1. The van der Waals surface area contributed by atoms with Crippen molar-refractivity contribution in [1.29, 1.82) is 0 Å². The maximum absolute atomic E-state index is 6.31. The zero-order valence-corrected chi connectivity index (χ0v) is 13.4. The van der Waals surface area contributed by atoms with E-state index in [2.05, 4.69) is 4.57 Å². The third-order valence-corrected chi connectivity index (χ3v) is 5.62. The number of nitrogens with two attached hydrogens (primary N) is 1. The molecule has 5 heteroatoms. The van der Waals surface area contributed by atoms with Gasteiger partial charge in [0.15, 0.2) is 0 Å². The quantitative estimate of drug-likeness (QED) is 0.722. The molecule has 0 unspecified atom stereocenters. The predicted molar refractivity (Wildman–Crippen MR) is 90.1 cm³/mol. The molecule has 1 aliphatic rings. The van der Waals surface area contributed by atoms with Gasteiger partial charge in [0.25, 0.3) is 0 Å². The molecule has 0 radical (unpaired) electrons. The van der Waals surface area contributed by atoms with Gasteiger partial charge in [0.1, 0.15) is 5.82 Å². The lowest BCUT2D eigenvalue weighted by Crippen LogP contribution is -2.02. The Morgan fingerprint density at radius 2 is 2.10 bits per heavy atom. The van der Waals surface area contributed by atoms with E-state index < -0.39 is 0 Å². The number of halogens is 1. The smallest absolute Gasteiger partial charge is 0.144 e. The van der Waals surface area contributed by atoms with Gasteiger partial charge in [0, 0.05) is 16.9 Å². The van der Waals surface area contributed by atoms with E-state index in [1.54, 1.807) is 11.3 Å². The van der Waals surface area contributed by atoms with Crippen molar-refractivity contribution >= 4 is 39.0 Å². The van der Waals surface area contributed by atoms with Crippen LogP contribution in [0.3, 0.4) is 0 Å². The monoisotopic (exact) mass is 317 g/mol. The third-order valence-electron chi connectivity index (χ3n) is 4.27. The van der Waals surface area contributed by atoms with Crippen LogP contribution in [0, 0.1) is 0 Å². The second-order valence-electron chi connectivity index (χ2n) is 5.58. The molecule has 0 amide bonds. The van der Waals surface area contributed by atoms with Gasteiger partial charge in [-0.25, -0.2) is 4.98 Å². The molecule has 1 aromatic carbocycles. The molecule has 21 heavy (non-hydrogen) atoms. The number of rotatable bonds is 1. The minimum Gasteiger partial charge on any atom is -0.390 e. The van der Waals surface area contributed by atoms with Crippen molar-refractivity contribution in [3.63, 3.8) is 0 Å². The summed E-state index contributed by atoms with van der Waals surface area (Å²) in [6, 6.07) is 5.81. The summed E-state index contributed by atoms with van der Waals surface area (Å²) in [4.78, 5) is 6.24. The molecule has 0 saturated heterocycles. The molecular weight excluding hydrogens is 302 g/mol. The molecule has 3 aromatic rings. The summed E-state index contributed by atoms with van der Waals surface area (Å²) < 4.78 is 2.11. The highest BCUT2D eigenvalue weighted by molar-refractivity contribution is 7.16. The SMILES string of the molecule is Cn1c(-c2c(N)sc3c2CCCC3)nc2ccc(Cl)cc21. The molecule has 0 spiro atoms. The molecule has 0 atom stereocenters. The Labute approximate surface area is 132 Å². The Morgan fingerprint density at radius 3 is 2.95 bits per heavy atom. The summed E-state index contributed by atoms with van der Waals surface area (Å²) >= 11 is 7.84. The highest BCUT2D eigenvalue weighted by atomic mass is 35.5. The van der Waals surface area contributed by atoms with Crippen molar-refractivity contribution in [3.8, 4) is 11.4 Å². The Kier molecular flexibility index (Phi) is 2.98. The number of imidazole rings is 1. The largest absolute Gasteiger partial charge is 0.390 e. The van der Waals surface area contributed by atoms with Crippen LogP contribution < -0.4 is 5.73 Å². The van der Waals surface area contributed by atoms with Crippen LogP contribution in [0.1, 0.15) is 23.3 Å². The van der Waals surface area contributed by atoms with E-state index in [0.29, 0.717) is 0 Å². The first kappa shape index (κ1) is 13.2. The van der Waals surface area contributed by atoms with Crippen LogP contribution in [0.25, 0.3) is 22.4 Å². The first-order chi connectivity index (χ1) is 10.1. The zero-order valence-electron chi connectivity index (χ0n) is 11.8. The van der Waals surface area contributed by atoms with Gasteiger partial charge in [-0.15, -0.1) is 11.3 Å². The average molecular weight is 318 g/mol. The number of aryl methyl sites for hydroxylation is 2. The molecule has 4 rings (SSSR count). The molecule has 2 heterocycles. The summed E-state index contributed by atoms with van der Waals surface area (Å²) in [5.74, 6) is 0.962. The van der Waals surface area contributed by atoms with Crippen molar-refractivity contribution in [2.45, 2.75) is 25.7 Å². The van der Waals surface area contributed by atoms with Crippen LogP contribution in [-0.2, 0) is 19.9 Å². The normalized spacial score (nSPS) is 14.6. The summed E-state index contributed by atoms with van der Waals surface area (Å²) in [5, 5.41) is 1.63. The number of thiophene rings is 1. The maximum Gasteiger partial charge on any atom is 0.144 e. The lowest BCUT2D eigenvalue weighted by Gasteiger charge is -2.12. The Bertz CT molecular complexity index is 847. The summed E-state index contributed by atoms with van der Waals surface area (Å²) in [5.41, 5.74) is 10.9. The molecule has 0 bridgehead atoms. The number of nitrogen functional groups attached to an aromatic ring is 1. The van der Waals surface area contributed by atoms with Gasteiger partial charge in [-0.1, -0.05) is 11.6 Å². The van der Waals surface area contributed by atoms with Gasteiger partial charge in [-0.2, -0.15) is 0 Å². The topological polar surface area (TPSA) is 43.8 Å². The zero-order chi connectivity index (χ0) is 14.6. The molecule has 2 N–H and O–H groups in total. The van der Waals surface area contributed by atoms with Gasteiger partial charge in [0.05, 0.1) is 21.6 Å². The van der Waals surface area contributed by atoms with E-state index in [0.717, 1.165) is 45.3 Å². The van der Waals surface area contributed by atoms with Gasteiger partial charge in [-0.05, 0) is 49.4 Å². The molecule has 0 aliphatic heterocycles. The second-order valence-corrected chi connectivity index (χ2v) is 7.15. The third kappa shape index (κ3) is 1.97. The van der Waals surface area contributed by atoms with E-state index in [1.165, 1.54) is 23.3 Å². The summed E-state index contributed by atoms with van der Waals surface area (Å²) in [6.07, 6.45) is 4.78. The van der Waals surface area contributed by atoms with E-state index >= 15 is 0 Å². The lowest BCUT2D eigenvalue weighted by molar-refractivity contribution is 0.697. The fourth-order valence-electron chi connectivity index (χ4n) is 3.22. The summed E-state index contributed by atoms with van der Waals surface area (Å²) in [7, 11) is 2.04. The lowest BCUT2D eigenvalue weighted by atomic mass is 9.95. The van der Waals surface area contributed by atoms with E-state index in [9.17, 15) is 0 Å². The fraction of sp³-hybridized carbons (Fsp3) is 0.312. The second kappa shape index (κ2) is 4.75. The minimum absolute atomic E-state index is 0.734. The Morgan fingerprint density at radius 1 is 1.29 bits per heavy atom. The van der Waals surface area contributed by atoms with Crippen molar-refractivity contribution in [2.75, 3.05) is 5.73 Å². The van der Waals surface area contributed by atoms with Gasteiger partial charge in [-0.3, -0.25) is 0 Å². The van der Waals surface area contributed by atoms with Crippen molar-refractivity contribution in [1.82, 2.24) is 9.55 Å². The van der Waals surface area contributed by atoms with Crippen LogP contribution in [0.5, 0.6) is 0 Å². The number of aromatic nitrogens is 2. The highest BCUT2D eigenvalue weighted by Crippen LogP contribution is 2.42. The Hall–Kier alpha value is -1.52. The number of hydrogen-bond acceptors (Lipinski definition) is 3. The van der Waals surface area contributed by atoms with Crippen LogP contribution >= 0.6 is 22.9 Å². The van der Waals surface area contributed by atoms with Gasteiger partial charge >= 0.3 is 0 Å². The summed E-state index contributed by atoms with van der Waals surface area (Å²) in [6.45, 7) is 0. The molecule has 1 aliphatic carbocycles. The fourth-order valence-corrected chi connectivity index (χ4v) is 4.54. The number of anilines is 1. The standard InChI is InChI=1S/C16H16ClN3S/c1-20-12-8-9(17)6-7-11(12)19-16(20)14-10-4-2-3-5-13(10)21-15(14)18/h6-8H,2-5,18H2,1H3. The molecule has 2 aromatic heterocycles. The van der Waals surface area contributed by atoms with Crippen molar-refractivity contribution in [2.24, 2.45) is 7.05 Å². The van der Waals surface area contributed by atoms with Crippen molar-refractivity contribution in [3.05, 3.63) is 33.7 Å². The van der Waals surface area contributed by atoms with E-state index in [1.807, 2.05) is 25.2 Å². The number of hydrogen-bond donors (Lipinski definition) is 1. The number of nitrogens with zero attached hydrogens (tertiary/aromatic N) is 2. The molecule has 0 fully saturated rings. The Balaban J connectivity index is 1.99. The maximum atomic E-state index is 6.31. The first-order valence-corrected chi connectivity index (χ1v) is 8.37. The molecular formula is C16H16ClN3S. The minimum atomic E-state index is 0.734. The van der Waals surface area contributed by atoms with E-state index in [-0.39, 0.29) is 0 Å². The van der Waals surface area contributed by atoms with Crippen LogP contribution in [-0.4, -0.2) is 9.55 Å². The van der Waals surface area contributed by atoms with E-state index in [4.69, 9.17) is 22.3 Å². The number of fused-ring (bicyclic) bond motifs is 2. The van der Waals surface area contributed by atoms with Crippen molar-refractivity contribution < 1.29 is 0 Å². The van der Waals surface area contributed by atoms with Gasteiger partial charge in [0.2, 0.25) is 0 Å².